The Balaban J connectivity index is 3.04. The highest BCUT2D eigenvalue weighted by molar-refractivity contribution is 7.99. The van der Waals surface area contributed by atoms with Gasteiger partial charge in [0, 0.05) is 24.5 Å². The second-order valence-corrected chi connectivity index (χ2v) is 3.26. The number of aliphatic hydroxyl groups is 1. The lowest BCUT2D eigenvalue weighted by atomic mass is 10.4. The predicted octanol–water partition coefficient (Wildman–Crippen LogP) is 0.238. The van der Waals surface area contributed by atoms with Gasteiger partial charge in [0.2, 0.25) is 5.91 Å². The lowest BCUT2D eigenvalue weighted by molar-refractivity contribution is -0.120. The van der Waals surface area contributed by atoms with Crippen molar-refractivity contribution in [3.05, 3.63) is 0 Å². The number of hydrogen-bond acceptors (Lipinski definition) is 3. The number of nitrogens with one attached hydrogen (secondary N) is 1. The Morgan fingerprint density at radius 3 is 2.82 bits per heavy atom. The molecule has 0 aromatic heterocycles. The van der Waals surface area contributed by atoms with Crippen molar-refractivity contribution in [3.63, 3.8) is 0 Å². The largest absolute Gasteiger partial charge is 0.396 e. The van der Waals surface area contributed by atoms with Crippen LogP contribution in [0.15, 0.2) is 0 Å². The Kier molecular flexibility index (Phi) is 7.72. The zero-order chi connectivity index (χ0) is 8.53. The zero-order valence-corrected chi connectivity index (χ0v) is 7.62. The molecule has 4 heteroatoms. The van der Waals surface area contributed by atoms with Crippen molar-refractivity contribution < 1.29 is 9.90 Å². The van der Waals surface area contributed by atoms with Crippen LogP contribution in [-0.2, 0) is 4.79 Å². The number of amides is 1. The van der Waals surface area contributed by atoms with Gasteiger partial charge < -0.3 is 10.4 Å². The van der Waals surface area contributed by atoms with Crippen LogP contribution in [0.4, 0.5) is 0 Å². The van der Waals surface area contributed by atoms with Gasteiger partial charge in [0.05, 0.1) is 6.61 Å². The quantitative estimate of drug-likeness (QED) is 0.571. The van der Waals surface area contributed by atoms with Crippen LogP contribution in [0.3, 0.4) is 0 Å². The average Bonchev–Trinajstić information content (AvgIpc) is 1.99. The normalized spacial score (nSPS) is 9.64. The van der Waals surface area contributed by atoms with Gasteiger partial charge in [-0.2, -0.15) is 11.8 Å². The van der Waals surface area contributed by atoms with E-state index in [2.05, 4.69) is 5.32 Å². The molecule has 0 aromatic carbocycles. The van der Waals surface area contributed by atoms with E-state index in [1.807, 2.05) is 6.92 Å². The van der Waals surface area contributed by atoms with Crippen molar-refractivity contribution in [3.8, 4) is 0 Å². The van der Waals surface area contributed by atoms with Crippen LogP contribution < -0.4 is 5.32 Å². The second-order valence-electron chi connectivity index (χ2n) is 2.04. The smallest absolute Gasteiger partial charge is 0.220 e. The summed E-state index contributed by atoms with van der Waals surface area (Å²) in [4.78, 5) is 10.8. The fourth-order valence-corrected chi connectivity index (χ4v) is 1.28. The molecule has 0 aliphatic carbocycles. The third kappa shape index (κ3) is 7.68. The standard InChI is InChI=1S/C7H15NO2S/c1-2-8-7(10)3-5-11-6-4-9/h9H,2-6H2,1H3,(H,8,10). The highest BCUT2D eigenvalue weighted by Gasteiger charge is 1.97. The van der Waals surface area contributed by atoms with Crippen molar-refractivity contribution >= 4 is 17.7 Å². The van der Waals surface area contributed by atoms with Crippen molar-refractivity contribution in [1.29, 1.82) is 0 Å². The number of carbonyl (C=O) groups is 1. The lowest BCUT2D eigenvalue weighted by Gasteiger charge is -2.00. The van der Waals surface area contributed by atoms with Crippen molar-refractivity contribution in [2.45, 2.75) is 13.3 Å². The molecule has 0 saturated carbocycles. The van der Waals surface area contributed by atoms with E-state index in [0.29, 0.717) is 13.0 Å². The van der Waals surface area contributed by atoms with E-state index in [-0.39, 0.29) is 12.5 Å². The highest BCUT2D eigenvalue weighted by Crippen LogP contribution is 2.00. The van der Waals surface area contributed by atoms with Gasteiger partial charge in [0.15, 0.2) is 0 Å². The molecule has 0 atom stereocenters. The molecule has 66 valence electrons. The third-order valence-corrected chi connectivity index (χ3v) is 2.05. The molecule has 0 aliphatic heterocycles. The minimum atomic E-state index is 0.0953. The van der Waals surface area contributed by atoms with Gasteiger partial charge in [-0.1, -0.05) is 0 Å². The van der Waals surface area contributed by atoms with E-state index in [1.54, 1.807) is 11.8 Å². The zero-order valence-electron chi connectivity index (χ0n) is 6.80. The monoisotopic (exact) mass is 177 g/mol. The Morgan fingerprint density at radius 2 is 2.27 bits per heavy atom. The maximum absolute atomic E-state index is 10.8. The van der Waals surface area contributed by atoms with Gasteiger partial charge in [-0.15, -0.1) is 0 Å². The summed E-state index contributed by atoms with van der Waals surface area (Å²) in [5.41, 5.74) is 0. The Labute approximate surface area is 71.6 Å². The molecule has 2 N–H and O–H groups in total. The maximum atomic E-state index is 10.8. The van der Waals surface area contributed by atoms with Crippen LogP contribution in [-0.4, -0.2) is 35.7 Å². The molecule has 0 aromatic rings. The topological polar surface area (TPSA) is 49.3 Å². The molecule has 3 nitrogen and oxygen atoms in total. The Bertz CT molecular complexity index is 109. The summed E-state index contributed by atoms with van der Waals surface area (Å²) in [5.74, 6) is 1.61. The van der Waals surface area contributed by atoms with E-state index in [4.69, 9.17) is 5.11 Å². The second kappa shape index (κ2) is 7.88. The molecular weight excluding hydrogens is 162 g/mol. The van der Waals surface area contributed by atoms with Crippen LogP contribution in [0.25, 0.3) is 0 Å². The molecule has 0 unspecified atom stereocenters. The number of aliphatic hydroxyl groups excluding tert-OH is 1. The molecule has 11 heavy (non-hydrogen) atoms. The van der Waals surface area contributed by atoms with Crippen molar-refractivity contribution in [2.24, 2.45) is 0 Å². The van der Waals surface area contributed by atoms with Crippen molar-refractivity contribution in [1.82, 2.24) is 5.32 Å². The summed E-state index contributed by atoms with van der Waals surface area (Å²) in [6, 6.07) is 0. The van der Waals surface area contributed by atoms with Crippen molar-refractivity contribution in [2.75, 3.05) is 24.7 Å². The van der Waals surface area contributed by atoms with Crippen LogP contribution >= 0.6 is 11.8 Å². The van der Waals surface area contributed by atoms with E-state index in [1.165, 1.54) is 0 Å². The first-order chi connectivity index (χ1) is 5.31. The van der Waals surface area contributed by atoms with Gasteiger partial charge in [-0.25, -0.2) is 0 Å². The molecule has 0 rings (SSSR count). The minimum absolute atomic E-state index is 0.0953. The average molecular weight is 177 g/mol. The highest BCUT2D eigenvalue weighted by atomic mass is 32.2. The first-order valence-electron chi connectivity index (χ1n) is 3.76. The third-order valence-electron chi connectivity index (χ3n) is 1.08. The fourth-order valence-electron chi connectivity index (χ4n) is 0.617. The number of thioether (sulfide) groups is 1. The molecule has 0 spiro atoms. The van der Waals surface area contributed by atoms with Gasteiger partial charge in [0.1, 0.15) is 0 Å². The minimum Gasteiger partial charge on any atom is -0.396 e. The first kappa shape index (κ1) is 10.8. The molecule has 0 fully saturated rings. The fraction of sp³-hybridized carbons (Fsp3) is 0.857. The first-order valence-corrected chi connectivity index (χ1v) is 4.92. The summed E-state index contributed by atoms with van der Waals surface area (Å²) in [6.45, 7) is 2.79. The summed E-state index contributed by atoms with van der Waals surface area (Å²) in [5, 5.41) is 11.1. The summed E-state index contributed by atoms with van der Waals surface area (Å²) in [6.07, 6.45) is 0.554. The molecule has 0 saturated heterocycles. The summed E-state index contributed by atoms with van der Waals surface area (Å²) >= 11 is 1.60. The van der Waals surface area contributed by atoms with E-state index in [9.17, 15) is 4.79 Å². The number of carbonyl (C=O) groups excluding carboxylic acids is 1. The molecule has 0 radical (unpaired) electrons. The van der Waals surface area contributed by atoms with E-state index >= 15 is 0 Å². The molecule has 0 heterocycles. The number of rotatable bonds is 6. The van der Waals surface area contributed by atoms with Crippen LogP contribution in [0.2, 0.25) is 0 Å². The van der Waals surface area contributed by atoms with E-state index < -0.39 is 0 Å². The molecule has 0 aliphatic rings. The number of hydrogen-bond donors (Lipinski definition) is 2. The summed E-state index contributed by atoms with van der Waals surface area (Å²) < 4.78 is 0. The molecular formula is C7H15NO2S. The van der Waals surface area contributed by atoms with E-state index in [0.717, 1.165) is 11.5 Å². The van der Waals surface area contributed by atoms with Gasteiger partial charge in [-0.05, 0) is 6.92 Å². The van der Waals surface area contributed by atoms with Crippen LogP contribution in [0.5, 0.6) is 0 Å². The van der Waals surface area contributed by atoms with Crippen LogP contribution in [0, 0.1) is 0 Å². The Hall–Kier alpha value is -0.220. The Morgan fingerprint density at radius 1 is 1.55 bits per heavy atom. The SMILES string of the molecule is CCNC(=O)CCSCCO. The lowest BCUT2D eigenvalue weighted by Crippen LogP contribution is -2.22. The van der Waals surface area contributed by atoms with Crippen LogP contribution in [0.1, 0.15) is 13.3 Å². The maximum Gasteiger partial charge on any atom is 0.220 e. The molecule has 0 bridgehead atoms. The van der Waals surface area contributed by atoms with Gasteiger partial charge in [-0.3, -0.25) is 4.79 Å². The van der Waals surface area contributed by atoms with Gasteiger partial charge >= 0.3 is 0 Å². The predicted molar refractivity (Wildman–Crippen MR) is 47.7 cm³/mol. The van der Waals surface area contributed by atoms with Gasteiger partial charge in [0.25, 0.3) is 0 Å². The molecule has 1 amide bonds. The summed E-state index contributed by atoms with van der Waals surface area (Å²) in [7, 11) is 0.